The van der Waals surface area contributed by atoms with E-state index in [-0.39, 0.29) is 11.9 Å². The highest BCUT2D eigenvalue weighted by Gasteiger charge is 2.11. The molecule has 0 saturated heterocycles. The van der Waals surface area contributed by atoms with Crippen molar-refractivity contribution in [3.8, 4) is 5.75 Å². The third-order valence-electron chi connectivity index (χ3n) is 3.24. The van der Waals surface area contributed by atoms with E-state index in [1.165, 1.54) is 6.07 Å². The van der Waals surface area contributed by atoms with Gasteiger partial charge in [-0.25, -0.2) is 4.39 Å². The van der Waals surface area contributed by atoms with Crippen LogP contribution in [0.4, 0.5) is 4.39 Å². The van der Waals surface area contributed by atoms with Gasteiger partial charge in [-0.3, -0.25) is 0 Å². The number of halogens is 2. The summed E-state index contributed by atoms with van der Waals surface area (Å²) in [4.78, 5) is 0. The highest BCUT2D eigenvalue weighted by Crippen LogP contribution is 2.26. The van der Waals surface area contributed by atoms with Crippen LogP contribution in [0.3, 0.4) is 0 Å². The first-order chi connectivity index (χ1) is 9.63. The van der Waals surface area contributed by atoms with Crippen molar-refractivity contribution in [3.05, 3.63) is 63.9 Å². The van der Waals surface area contributed by atoms with Crippen LogP contribution in [0.15, 0.2) is 46.9 Å². The van der Waals surface area contributed by atoms with E-state index in [4.69, 9.17) is 4.74 Å². The molecule has 2 aromatic carbocycles. The quantitative estimate of drug-likeness (QED) is 0.870. The molecule has 0 bridgehead atoms. The molecule has 0 aliphatic rings. The summed E-state index contributed by atoms with van der Waals surface area (Å²) in [6, 6.07) is 13.0. The number of hydrogen-bond acceptors (Lipinski definition) is 2. The molecule has 0 heterocycles. The lowest BCUT2D eigenvalue weighted by Gasteiger charge is -2.17. The van der Waals surface area contributed by atoms with Gasteiger partial charge in [-0.1, -0.05) is 30.3 Å². The van der Waals surface area contributed by atoms with E-state index in [9.17, 15) is 4.39 Å². The van der Waals surface area contributed by atoms with Crippen molar-refractivity contribution in [2.45, 2.75) is 19.5 Å². The topological polar surface area (TPSA) is 21.3 Å². The maximum absolute atomic E-state index is 13.5. The van der Waals surface area contributed by atoms with Gasteiger partial charge < -0.3 is 10.1 Å². The fraction of sp³-hybridized carbons (Fsp3) is 0.250. The van der Waals surface area contributed by atoms with Gasteiger partial charge in [-0.05, 0) is 40.5 Å². The highest BCUT2D eigenvalue weighted by molar-refractivity contribution is 9.10. The first kappa shape index (κ1) is 15.0. The molecule has 0 fully saturated rings. The van der Waals surface area contributed by atoms with E-state index < -0.39 is 0 Å². The fourth-order valence-electron chi connectivity index (χ4n) is 2.08. The molecular weight excluding hydrogens is 321 g/mol. The Hall–Kier alpha value is -1.39. The Morgan fingerprint density at radius 2 is 1.95 bits per heavy atom. The third-order valence-corrected chi connectivity index (χ3v) is 4.12. The zero-order valence-corrected chi connectivity index (χ0v) is 13.1. The van der Waals surface area contributed by atoms with Gasteiger partial charge in [-0.15, -0.1) is 0 Å². The van der Waals surface area contributed by atoms with E-state index in [2.05, 4.69) is 28.2 Å². The van der Waals surface area contributed by atoms with Gasteiger partial charge in [0.1, 0.15) is 11.6 Å². The molecule has 20 heavy (non-hydrogen) atoms. The molecule has 2 rings (SSSR count). The Labute approximate surface area is 127 Å². The average molecular weight is 338 g/mol. The van der Waals surface area contributed by atoms with Crippen LogP contribution >= 0.6 is 15.9 Å². The maximum atomic E-state index is 13.5. The lowest BCUT2D eigenvalue weighted by Crippen LogP contribution is -2.19. The second-order valence-corrected chi connectivity index (χ2v) is 5.35. The van der Waals surface area contributed by atoms with Crippen LogP contribution in [0.1, 0.15) is 24.1 Å². The molecule has 1 atom stereocenters. The Kier molecular flexibility index (Phi) is 5.15. The molecule has 0 aromatic heterocycles. The summed E-state index contributed by atoms with van der Waals surface area (Å²) in [5, 5.41) is 3.38. The van der Waals surface area contributed by atoms with Crippen LogP contribution in [0, 0.1) is 5.82 Å². The molecule has 1 N–H and O–H groups in total. The minimum atomic E-state index is -0.241. The summed E-state index contributed by atoms with van der Waals surface area (Å²) in [5.41, 5.74) is 1.98. The second kappa shape index (κ2) is 6.86. The van der Waals surface area contributed by atoms with Crippen molar-refractivity contribution in [2.24, 2.45) is 0 Å². The van der Waals surface area contributed by atoms with Crippen LogP contribution in [0.2, 0.25) is 0 Å². The molecule has 106 valence electrons. The molecule has 4 heteroatoms. The molecular formula is C16H17BrFNO. The second-order valence-electron chi connectivity index (χ2n) is 4.56. The maximum Gasteiger partial charge on any atom is 0.137 e. The van der Waals surface area contributed by atoms with E-state index >= 15 is 0 Å². The summed E-state index contributed by atoms with van der Waals surface area (Å²) < 4.78 is 19.3. The predicted octanol–water partition coefficient (Wildman–Crippen LogP) is 4.45. The van der Waals surface area contributed by atoms with Crippen molar-refractivity contribution in [1.29, 1.82) is 0 Å². The van der Waals surface area contributed by atoms with E-state index in [1.54, 1.807) is 13.2 Å². The molecule has 0 aliphatic carbocycles. The van der Waals surface area contributed by atoms with Gasteiger partial charge in [0.05, 0.1) is 11.6 Å². The lowest BCUT2D eigenvalue weighted by atomic mass is 10.1. The first-order valence-corrected chi connectivity index (χ1v) is 7.22. The summed E-state index contributed by atoms with van der Waals surface area (Å²) in [6.07, 6.45) is 0. The van der Waals surface area contributed by atoms with Crippen molar-refractivity contribution >= 4 is 15.9 Å². The molecule has 2 nitrogen and oxygen atoms in total. The van der Waals surface area contributed by atoms with Gasteiger partial charge >= 0.3 is 0 Å². The summed E-state index contributed by atoms with van der Waals surface area (Å²) >= 11 is 3.27. The smallest absolute Gasteiger partial charge is 0.137 e. The lowest BCUT2D eigenvalue weighted by molar-refractivity contribution is 0.401. The minimum Gasteiger partial charge on any atom is -0.496 e. The number of ether oxygens (including phenoxy) is 1. The normalized spacial score (nSPS) is 12.2. The van der Waals surface area contributed by atoms with E-state index in [0.717, 1.165) is 16.9 Å². The van der Waals surface area contributed by atoms with Crippen LogP contribution in [-0.4, -0.2) is 7.11 Å². The number of hydrogen-bond donors (Lipinski definition) is 1. The van der Waals surface area contributed by atoms with Gasteiger partial charge in [-0.2, -0.15) is 0 Å². The van der Waals surface area contributed by atoms with Crippen LogP contribution < -0.4 is 10.1 Å². The molecule has 0 amide bonds. The molecule has 0 aliphatic heterocycles. The highest BCUT2D eigenvalue weighted by atomic mass is 79.9. The summed E-state index contributed by atoms with van der Waals surface area (Å²) in [6.45, 7) is 2.64. The third kappa shape index (κ3) is 3.38. The molecule has 0 saturated carbocycles. The Morgan fingerprint density at radius 3 is 2.70 bits per heavy atom. The Balaban J connectivity index is 2.09. The van der Waals surface area contributed by atoms with E-state index in [0.29, 0.717) is 11.0 Å². The van der Waals surface area contributed by atoms with Crippen molar-refractivity contribution < 1.29 is 9.13 Å². The number of nitrogens with one attached hydrogen (secondary N) is 1. The van der Waals surface area contributed by atoms with Crippen LogP contribution in [-0.2, 0) is 6.54 Å². The largest absolute Gasteiger partial charge is 0.496 e. The van der Waals surface area contributed by atoms with Gasteiger partial charge in [0.15, 0.2) is 0 Å². The van der Waals surface area contributed by atoms with Crippen molar-refractivity contribution in [1.82, 2.24) is 5.32 Å². The van der Waals surface area contributed by atoms with Crippen molar-refractivity contribution in [3.63, 3.8) is 0 Å². The fourth-order valence-corrected chi connectivity index (χ4v) is 2.49. The van der Waals surface area contributed by atoms with Gasteiger partial charge in [0.2, 0.25) is 0 Å². The zero-order chi connectivity index (χ0) is 14.5. The zero-order valence-electron chi connectivity index (χ0n) is 11.5. The van der Waals surface area contributed by atoms with Crippen molar-refractivity contribution in [2.75, 3.05) is 7.11 Å². The molecule has 0 unspecified atom stereocenters. The van der Waals surface area contributed by atoms with Crippen LogP contribution in [0.25, 0.3) is 0 Å². The Bertz CT molecular complexity index is 588. The monoisotopic (exact) mass is 337 g/mol. The standard InChI is InChI=1S/C16H17BrFNO/c1-11(13-7-3-4-9-15(13)20-2)19-10-12-6-5-8-14(18)16(12)17/h3-9,11,19H,10H2,1-2H3/t11-/m1/s1. The SMILES string of the molecule is COc1ccccc1[C@@H](C)NCc1cccc(F)c1Br. The van der Waals surface area contributed by atoms with Crippen LogP contribution in [0.5, 0.6) is 5.75 Å². The average Bonchev–Trinajstić information content (AvgIpc) is 2.48. The number of rotatable bonds is 5. The molecule has 0 spiro atoms. The summed E-state index contributed by atoms with van der Waals surface area (Å²) in [7, 11) is 1.66. The minimum absolute atomic E-state index is 0.112. The number of para-hydroxylation sites is 1. The molecule has 2 aromatic rings. The Morgan fingerprint density at radius 1 is 1.20 bits per heavy atom. The first-order valence-electron chi connectivity index (χ1n) is 6.42. The van der Waals surface area contributed by atoms with Gasteiger partial charge in [0.25, 0.3) is 0 Å². The summed E-state index contributed by atoms with van der Waals surface area (Å²) in [5.74, 6) is 0.611. The van der Waals surface area contributed by atoms with Gasteiger partial charge in [0, 0.05) is 18.2 Å². The van der Waals surface area contributed by atoms with E-state index in [1.807, 2.05) is 30.3 Å². The number of benzene rings is 2. The number of methoxy groups -OCH3 is 1. The molecule has 0 radical (unpaired) electrons. The predicted molar refractivity (Wildman–Crippen MR) is 82.3 cm³/mol.